The van der Waals surface area contributed by atoms with Crippen molar-refractivity contribution in [1.82, 2.24) is 19.9 Å². The van der Waals surface area contributed by atoms with Crippen molar-refractivity contribution >= 4 is 157 Å². The number of hydrogen-bond acceptors (Lipinski definition) is 6. The van der Waals surface area contributed by atoms with Crippen LogP contribution in [0.5, 0.6) is 0 Å². The highest BCUT2D eigenvalue weighted by Crippen LogP contribution is 2.45. The van der Waals surface area contributed by atoms with Crippen LogP contribution in [0.25, 0.3) is 43.9 Å². The van der Waals surface area contributed by atoms with E-state index in [0.717, 1.165) is 10.8 Å². The molecule has 53 heavy (non-hydrogen) atoms. The zero-order valence-electron chi connectivity index (χ0n) is 28.5. The largest absolute Gasteiger partial charge is 0.443 e. The van der Waals surface area contributed by atoms with Crippen molar-refractivity contribution in [3.8, 4) is 0 Å². The molecule has 0 spiro atoms. The Morgan fingerprint density at radius 3 is 1.58 bits per heavy atom. The van der Waals surface area contributed by atoms with Crippen LogP contribution < -0.4 is 9.80 Å². The zero-order valence-corrected chi connectivity index (χ0v) is 35.4. The van der Waals surface area contributed by atoms with Crippen molar-refractivity contribution in [1.29, 1.82) is 0 Å². The van der Waals surface area contributed by atoms with Crippen molar-refractivity contribution in [2.24, 2.45) is 0 Å². The number of halogens is 7. The second kappa shape index (κ2) is 16.6. The summed E-state index contributed by atoms with van der Waals surface area (Å²) >= 11 is 38.7. The summed E-state index contributed by atoms with van der Waals surface area (Å²) in [4.78, 5) is 42.8. The van der Waals surface area contributed by atoms with Gasteiger partial charge in [-0.25, -0.2) is 19.6 Å². The lowest BCUT2D eigenvalue weighted by Gasteiger charge is -2.25. The zero-order chi connectivity index (χ0) is 37.9. The highest BCUT2D eigenvalue weighted by atomic mass is 79.9. The molecule has 0 saturated heterocycles. The van der Waals surface area contributed by atoms with Crippen LogP contribution in [0.3, 0.4) is 0 Å². The molecule has 0 aliphatic rings. The van der Waals surface area contributed by atoms with Crippen LogP contribution in [0.15, 0.2) is 39.5 Å². The van der Waals surface area contributed by atoms with Gasteiger partial charge in [0.25, 0.3) is 0 Å². The van der Waals surface area contributed by atoms with Gasteiger partial charge in [0, 0.05) is 53.1 Å². The number of rotatable bonds is 2. The third-order valence-corrected chi connectivity index (χ3v) is 10.7. The molecule has 0 aliphatic carbocycles. The Balaban J connectivity index is 0.000000275. The molecule has 6 aromatic rings. The van der Waals surface area contributed by atoms with Gasteiger partial charge in [0.1, 0.15) is 22.5 Å². The first-order chi connectivity index (χ1) is 23.6. The minimum absolute atomic E-state index is 0. The van der Waals surface area contributed by atoms with Crippen LogP contribution in [-0.4, -0.2) is 57.4 Å². The first-order valence-electron chi connectivity index (χ1n) is 15.1. The summed E-state index contributed by atoms with van der Waals surface area (Å²) in [7, 11) is 3.24. The number of anilines is 2. The molecule has 0 radical (unpaired) electrons. The summed E-state index contributed by atoms with van der Waals surface area (Å²) < 4.78 is 12.2. The van der Waals surface area contributed by atoms with Gasteiger partial charge in [-0.15, -0.1) is 0 Å². The second-order valence-electron chi connectivity index (χ2n) is 13.4. The monoisotopic (exact) mass is 952 g/mol. The van der Waals surface area contributed by atoms with E-state index in [1.165, 1.54) is 9.80 Å². The normalized spacial score (nSPS) is 11.5. The fourth-order valence-electron chi connectivity index (χ4n) is 5.11. The highest BCUT2D eigenvalue weighted by Gasteiger charge is 2.27. The van der Waals surface area contributed by atoms with E-state index in [1.54, 1.807) is 65.5 Å². The smallest absolute Gasteiger partial charge is 0.414 e. The molecule has 2 amide bonds. The van der Waals surface area contributed by atoms with Crippen molar-refractivity contribution in [2.45, 2.75) is 67.6 Å². The Bertz CT molecular complexity index is 2370. The van der Waals surface area contributed by atoms with E-state index in [0.29, 0.717) is 78.5 Å². The standard InChI is InChI=1S/C17H15BrCl3N3O2.C17H16BrCl2N3O2.2CH4/c1-17(2,3)26-16(25)24(4)9-5-8(19)13(21)10-11-12(20)7(18)6-22-15(11)23-14(9)10;1-17(2,3)25-16(24)23(4)11-6-8(19)5-9-12-13(20)10(18)7-21-15(12)22-14(9)11;;/h5-6H,1-4H3,(H,22,23);5-7H,1-4H3,(H,21,22);2*1H4. The van der Waals surface area contributed by atoms with E-state index in [4.69, 9.17) is 67.5 Å². The third kappa shape index (κ3) is 9.23. The molecule has 4 heterocycles. The number of carbonyl (C=O) groups is 2. The number of benzene rings is 2. The fraction of sp³-hybridized carbons (Fsp3) is 0.333. The Labute approximate surface area is 350 Å². The molecule has 10 nitrogen and oxygen atoms in total. The summed E-state index contributed by atoms with van der Waals surface area (Å²) in [6.07, 6.45) is 2.22. The van der Waals surface area contributed by atoms with Crippen molar-refractivity contribution in [2.75, 3.05) is 23.9 Å². The molecule has 4 aromatic heterocycles. The number of pyridine rings is 2. The van der Waals surface area contributed by atoms with Gasteiger partial charge < -0.3 is 19.4 Å². The molecule has 0 fully saturated rings. The quantitative estimate of drug-likeness (QED) is 0.179. The summed E-state index contributed by atoms with van der Waals surface area (Å²) in [5, 5.41) is 4.84. The van der Waals surface area contributed by atoms with E-state index in [-0.39, 0.29) is 14.9 Å². The number of aromatic amines is 2. The Morgan fingerprint density at radius 1 is 0.660 bits per heavy atom. The van der Waals surface area contributed by atoms with Gasteiger partial charge >= 0.3 is 12.2 Å². The van der Waals surface area contributed by atoms with E-state index in [1.807, 2.05) is 20.8 Å². The van der Waals surface area contributed by atoms with E-state index in [2.05, 4.69) is 51.8 Å². The molecule has 286 valence electrons. The van der Waals surface area contributed by atoms with E-state index in [9.17, 15) is 9.59 Å². The Morgan fingerprint density at radius 2 is 1.09 bits per heavy atom. The number of aromatic nitrogens is 4. The van der Waals surface area contributed by atoms with Crippen molar-refractivity contribution in [3.63, 3.8) is 0 Å². The van der Waals surface area contributed by atoms with Crippen molar-refractivity contribution < 1.29 is 19.1 Å². The summed E-state index contributed by atoms with van der Waals surface area (Å²) in [5.74, 6) is 0. The maximum atomic E-state index is 12.5. The van der Waals surface area contributed by atoms with Gasteiger partial charge in [0.2, 0.25) is 0 Å². The van der Waals surface area contributed by atoms with Gasteiger partial charge in [0.15, 0.2) is 0 Å². The minimum Gasteiger partial charge on any atom is -0.443 e. The molecule has 0 bridgehead atoms. The molecule has 2 N–H and O–H groups in total. The minimum atomic E-state index is -0.628. The maximum absolute atomic E-state index is 12.5. The number of nitrogens with zero attached hydrogens (tertiary/aromatic N) is 4. The Hall–Kier alpha value is -2.71. The summed E-state index contributed by atoms with van der Waals surface area (Å²) in [6.45, 7) is 10.8. The number of fused-ring (bicyclic) bond motifs is 6. The number of hydrogen-bond donors (Lipinski definition) is 2. The lowest BCUT2D eigenvalue weighted by Crippen LogP contribution is -2.34. The molecule has 2 aromatic carbocycles. The van der Waals surface area contributed by atoms with Gasteiger partial charge in [-0.1, -0.05) is 72.9 Å². The van der Waals surface area contributed by atoms with Crippen LogP contribution >= 0.6 is 89.9 Å². The van der Waals surface area contributed by atoms with Crippen LogP contribution in [0, 0.1) is 0 Å². The predicted octanol–water partition coefficient (Wildman–Crippen LogP) is 14.2. The first kappa shape index (κ1) is 44.7. The molecule has 17 heteroatoms. The molecule has 0 saturated carbocycles. The van der Waals surface area contributed by atoms with Gasteiger partial charge in [-0.2, -0.15) is 0 Å². The van der Waals surface area contributed by atoms with E-state index >= 15 is 0 Å². The lowest BCUT2D eigenvalue weighted by molar-refractivity contribution is 0.0579. The van der Waals surface area contributed by atoms with Crippen LogP contribution in [0.2, 0.25) is 25.1 Å². The van der Waals surface area contributed by atoms with Crippen LogP contribution in [0.4, 0.5) is 21.0 Å². The lowest BCUT2D eigenvalue weighted by atomic mass is 10.1. The summed E-state index contributed by atoms with van der Waals surface area (Å²) in [5.41, 5.74) is 2.32. The molecule has 6 rings (SSSR count). The first-order valence-corrected chi connectivity index (χ1v) is 18.6. The average Bonchev–Trinajstić information content (AvgIpc) is 3.60. The SMILES string of the molecule is C.C.CN(C(=O)OC(C)(C)C)c1cc(Cl)c(Cl)c2c1[nH]c1ncc(Br)c(Cl)c12.CN(C(=O)OC(C)(C)C)c1cc(Cl)cc2c1[nH]c1ncc(Br)c(Cl)c12. The average molecular weight is 957 g/mol. The fourth-order valence-corrected chi connectivity index (χ4v) is 6.84. The highest BCUT2D eigenvalue weighted by molar-refractivity contribution is 9.10. The van der Waals surface area contributed by atoms with Crippen LogP contribution in [-0.2, 0) is 9.47 Å². The number of nitrogens with one attached hydrogen (secondary N) is 2. The predicted molar refractivity (Wildman–Crippen MR) is 230 cm³/mol. The second-order valence-corrected chi connectivity index (χ2v) is 17.1. The van der Waals surface area contributed by atoms with Crippen LogP contribution in [0.1, 0.15) is 56.4 Å². The number of ether oxygens (including phenoxy) is 2. The third-order valence-electron chi connectivity index (χ3n) is 7.29. The molecule has 0 atom stereocenters. The molecule has 0 unspecified atom stereocenters. The Kier molecular flexibility index (Phi) is 14.0. The molecular weight excluding hydrogens is 918 g/mol. The van der Waals surface area contributed by atoms with Gasteiger partial charge in [-0.3, -0.25) is 9.80 Å². The molecule has 0 aliphatic heterocycles. The van der Waals surface area contributed by atoms with Crippen molar-refractivity contribution in [3.05, 3.63) is 64.7 Å². The maximum Gasteiger partial charge on any atom is 0.414 e. The topological polar surface area (TPSA) is 116 Å². The summed E-state index contributed by atoms with van der Waals surface area (Å²) in [6, 6.07) is 5.10. The number of H-pyrrole nitrogens is 2. The number of carbonyl (C=O) groups excluding carboxylic acids is 2. The van der Waals surface area contributed by atoms with Gasteiger partial charge in [-0.05, 0) is 91.6 Å². The van der Waals surface area contributed by atoms with Gasteiger partial charge in [0.05, 0.1) is 51.4 Å². The number of amides is 2. The molecular formula is C36H39Br2Cl5N6O4. The van der Waals surface area contributed by atoms with E-state index < -0.39 is 23.4 Å².